The molecule has 0 radical (unpaired) electrons. The first-order valence-electron chi connectivity index (χ1n) is 33.9. The van der Waals surface area contributed by atoms with Gasteiger partial charge in [-0.1, -0.05) is 187 Å². The van der Waals surface area contributed by atoms with E-state index < -0.39 is 105 Å². The van der Waals surface area contributed by atoms with Crippen molar-refractivity contribution >= 4 is 46.4 Å². The minimum atomic E-state index is -2.41. The molecule has 11 aromatic rings. The second-order valence-corrected chi connectivity index (χ2v) is 24.9. The molecule has 2 N–H and O–H groups in total. The van der Waals surface area contributed by atoms with E-state index in [-0.39, 0.29) is 90.1 Å². The molecule has 3 aromatic heterocycles. The van der Waals surface area contributed by atoms with E-state index in [4.69, 9.17) is 28.9 Å². The molecule has 8 nitrogen and oxygen atoms in total. The van der Waals surface area contributed by atoms with E-state index in [0.717, 1.165) is 22.3 Å². The number of nitrogens with zero attached hydrogens (tertiary/aromatic N) is 2. The molecule has 0 amide bonds. The molecule has 0 fully saturated rings. The fourth-order valence-corrected chi connectivity index (χ4v) is 13.3. The van der Waals surface area contributed by atoms with Gasteiger partial charge in [0.25, 0.3) is 0 Å². The van der Waals surface area contributed by atoms with Crippen LogP contribution < -0.4 is 18.9 Å². The summed E-state index contributed by atoms with van der Waals surface area (Å²) < 4.78 is 193. The van der Waals surface area contributed by atoms with Crippen LogP contribution in [-0.2, 0) is 0 Å². The highest BCUT2D eigenvalue weighted by atomic mass is 19.2. The van der Waals surface area contributed by atoms with Gasteiger partial charge < -0.3 is 28.9 Å². The molecule has 0 unspecified atom stereocenters. The largest absolute Gasteiger partial charge is 0.485 e. The zero-order valence-electron chi connectivity index (χ0n) is 55.9. The third kappa shape index (κ3) is 13.6. The first-order valence-corrected chi connectivity index (χ1v) is 33.9. The van der Waals surface area contributed by atoms with Gasteiger partial charge in [-0.15, -0.1) is 0 Å². The standard InChI is InChI=1S/C84H68F10N4O4/c1-5-23-59(47-27-13-9-14-28-47)99-63-35-21-36-64(100-60(24-6-2)48-29-15-10-16-30-48)71(63)67-51-39-43-55(95-51)69(73-75(85)79(89)83(93)80(90)76(73)86)57-45-41-53(97-57)68(54-42-46-58(98-54)70(56-44-40-52(67)96-56)74-77(87)81(91)84(94)82(92)78(74)88)72-65(101-61(25-7-3)49-31-17-11-18-32-49)37-22-38-66(72)102-62(26-8-4)50-33-19-12-20-34-50/h9-22,27-46,59-62,95,98H,5-8,23-26H2,1-4H3/t59-,60-,61-,62-/m1/s1. The summed E-state index contributed by atoms with van der Waals surface area (Å²) in [5.41, 5.74) is -1.53. The smallest absolute Gasteiger partial charge is 0.200 e. The van der Waals surface area contributed by atoms with Gasteiger partial charge in [-0.05, 0) is 121 Å². The Hall–Kier alpha value is -11.1. The fraction of sp³-hybridized carbons (Fsp3) is 0.190. The summed E-state index contributed by atoms with van der Waals surface area (Å²) in [5, 5.41) is 0. The van der Waals surface area contributed by atoms with Crippen molar-refractivity contribution in [1.29, 1.82) is 0 Å². The second kappa shape index (κ2) is 30.4. The molecule has 4 atom stereocenters. The Morgan fingerprint density at radius 3 is 0.696 bits per heavy atom. The van der Waals surface area contributed by atoms with Crippen LogP contribution in [0.5, 0.6) is 23.0 Å². The summed E-state index contributed by atoms with van der Waals surface area (Å²) in [4.78, 5) is 16.7. The number of H-pyrrole nitrogens is 2. The lowest BCUT2D eigenvalue weighted by atomic mass is 9.99. The number of rotatable bonds is 24. The van der Waals surface area contributed by atoms with E-state index in [1.165, 1.54) is 48.6 Å². The van der Waals surface area contributed by atoms with Crippen molar-refractivity contribution in [1.82, 2.24) is 19.9 Å². The van der Waals surface area contributed by atoms with Crippen molar-refractivity contribution in [2.24, 2.45) is 0 Å². The van der Waals surface area contributed by atoms with Gasteiger partial charge in [-0.3, -0.25) is 0 Å². The van der Waals surface area contributed by atoms with Crippen LogP contribution in [0.3, 0.4) is 0 Å². The van der Waals surface area contributed by atoms with E-state index in [0.29, 0.717) is 51.4 Å². The molecular formula is C84H68F10N4O4. The number of aromatic amines is 2. The molecule has 0 saturated heterocycles. The van der Waals surface area contributed by atoms with E-state index in [2.05, 4.69) is 9.97 Å². The molecule has 2 aliphatic heterocycles. The third-order valence-corrected chi connectivity index (χ3v) is 18.1. The van der Waals surface area contributed by atoms with Crippen LogP contribution in [0, 0.1) is 58.2 Å². The highest BCUT2D eigenvalue weighted by molar-refractivity contribution is 6.02. The number of benzene rings is 8. The Bertz CT molecular complexity index is 4650. The molecule has 8 bridgehead atoms. The lowest BCUT2D eigenvalue weighted by Gasteiger charge is -2.25. The van der Waals surface area contributed by atoms with E-state index in [1.54, 1.807) is 36.4 Å². The molecule has 18 heteroatoms. The summed E-state index contributed by atoms with van der Waals surface area (Å²) in [6.45, 7) is 7.94. The highest BCUT2D eigenvalue weighted by Crippen LogP contribution is 2.51. The van der Waals surface area contributed by atoms with Crippen LogP contribution in [0.2, 0.25) is 0 Å². The molecule has 0 spiro atoms. The minimum absolute atomic E-state index is 0.0226. The van der Waals surface area contributed by atoms with Crippen LogP contribution in [0.1, 0.15) is 149 Å². The average Bonchev–Trinajstić information content (AvgIpc) is 1.54. The molecule has 8 aromatic carbocycles. The summed E-state index contributed by atoms with van der Waals surface area (Å²) in [7, 11) is 0. The maximum absolute atomic E-state index is 17.2. The third-order valence-electron chi connectivity index (χ3n) is 18.1. The van der Waals surface area contributed by atoms with Gasteiger partial charge in [0.1, 0.15) is 47.4 Å². The monoisotopic (exact) mass is 1390 g/mol. The number of hydrogen-bond donors (Lipinski definition) is 2. The number of nitrogens with one attached hydrogen (secondary N) is 2. The Morgan fingerprint density at radius 1 is 0.255 bits per heavy atom. The first kappa shape index (κ1) is 69.3. The van der Waals surface area contributed by atoms with Gasteiger partial charge in [0, 0.05) is 44.3 Å². The molecular weight excluding hydrogens is 1320 g/mol. The Kier molecular flexibility index (Phi) is 20.6. The molecule has 0 saturated carbocycles. The maximum atomic E-state index is 17.2. The van der Waals surface area contributed by atoms with Crippen LogP contribution in [0.25, 0.3) is 90.9 Å². The van der Waals surface area contributed by atoms with Crippen molar-refractivity contribution < 1.29 is 62.9 Å². The molecule has 0 aliphatic carbocycles. The zero-order valence-corrected chi connectivity index (χ0v) is 55.9. The lowest BCUT2D eigenvalue weighted by Crippen LogP contribution is -2.11. The minimum Gasteiger partial charge on any atom is -0.485 e. The summed E-state index contributed by atoms with van der Waals surface area (Å²) >= 11 is 0. The van der Waals surface area contributed by atoms with E-state index in [9.17, 15) is 0 Å². The average molecular weight is 1390 g/mol. The molecule has 13 rings (SSSR count). The summed E-state index contributed by atoms with van der Waals surface area (Å²) in [5.74, 6) is -21.8. The highest BCUT2D eigenvalue weighted by Gasteiger charge is 2.35. The van der Waals surface area contributed by atoms with Crippen molar-refractivity contribution in [2.75, 3.05) is 0 Å². The quantitative estimate of drug-likeness (QED) is 0.0356. The van der Waals surface area contributed by atoms with Crippen LogP contribution >= 0.6 is 0 Å². The van der Waals surface area contributed by atoms with E-state index in [1.807, 2.05) is 149 Å². The second-order valence-electron chi connectivity index (χ2n) is 24.9. The van der Waals surface area contributed by atoms with Crippen LogP contribution in [0.15, 0.2) is 182 Å². The van der Waals surface area contributed by atoms with Gasteiger partial charge in [-0.25, -0.2) is 53.9 Å². The van der Waals surface area contributed by atoms with Crippen molar-refractivity contribution in [3.63, 3.8) is 0 Å². The number of hydrogen-bond acceptors (Lipinski definition) is 6. The normalized spacial score (nSPS) is 13.1. The SMILES string of the molecule is CCC[C@@H](Oc1cccc(O[C@H](CCC)c2ccccc2)c1-c1c2nc(c(-c3c(F)c(F)c(F)c(F)c3F)c3ccc([nH]3)c(-c3c(O[C@H](CCC)c4ccccc4)cccc3O[C@H](CCC)c3ccccc3)c3nc(c(-c4c(F)c(F)c(F)c(F)c4F)c4ccc1[nH]4)C=C3)C=C2)c1ccccc1. The molecule has 5 heterocycles. The van der Waals surface area contributed by atoms with Crippen molar-refractivity contribution in [3.8, 4) is 67.5 Å². The van der Waals surface area contributed by atoms with Gasteiger partial charge in [-0.2, -0.15) is 0 Å². The molecule has 2 aliphatic rings. The predicted molar refractivity (Wildman–Crippen MR) is 379 cm³/mol. The Labute approximate surface area is 582 Å². The van der Waals surface area contributed by atoms with Gasteiger partial charge >= 0.3 is 0 Å². The zero-order chi connectivity index (χ0) is 71.3. The van der Waals surface area contributed by atoms with Crippen molar-refractivity contribution in [3.05, 3.63) is 285 Å². The number of aromatic nitrogens is 4. The predicted octanol–water partition coefficient (Wildman–Crippen LogP) is 24.4. The van der Waals surface area contributed by atoms with E-state index >= 15 is 43.9 Å². The maximum Gasteiger partial charge on any atom is 0.200 e. The number of fused-ring (bicyclic) bond motifs is 8. The fourth-order valence-electron chi connectivity index (χ4n) is 13.3. The van der Waals surface area contributed by atoms with Crippen LogP contribution in [-0.4, -0.2) is 19.9 Å². The van der Waals surface area contributed by atoms with Gasteiger partial charge in [0.05, 0.1) is 45.0 Å². The Balaban J connectivity index is 1.21. The van der Waals surface area contributed by atoms with Crippen LogP contribution in [0.4, 0.5) is 43.9 Å². The summed E-state index contributed by atoms with van der Waals surface area (Å²) in [6.07, 6.45) is 7.51. The van der Waals surface area contributed by atoms with Gasteiger partial charge in [0.15, 0.2) is 46.5 Å². The summed E-state index contributed by atoms with van der Waals surface area (Å²) in [6, 6.07) is 53.4. The first-order chi connectivity index (χ1) is 49.6. The van der Waals surface area contributed by atoms with Crippen molar-refractivity contribution in [2.45, 2.75) is 103 Å². The molecule has 102 heavy (non-hydrogen) atoms. The number of halogens is 10. The lowest BCUT2D eigenvalue weighted by molar-refractivity contribution is 0.184. The number of ether oxygens (including phenoxy) is 4. The van der Waals surface area contributed by atoms with Gasteiger partial charge in [0.2, 0.25) is 11.6 Å². The molecule has 518 valence electrons. The Morgan fingerprint density at radius 2 is 0.471 bits per heavy atom. The topological polar surface area (TPSA) is 94.3 Å².